The van der Waals surface area contributed by atoms with Gasteiger partial charge in [0.25, 0.3) is 0 Å². The van der Waals surface area contributed by atoms with E-state index in [4.69, 9.17) is 0 Å². The lowest BCUT2D eigenvalue weighted by atomic mass is 9.91. The largest absolute Gasteiger partial charge is 0.534 e. The fourth-order valence-corrected chi connectivity index (χ4v) is 4.11. The van der Waals surface area contributed by atoms with Gasteiger partial charge in [0.05, 0.1) is 0 Å². The molecule has 0 N–H and O–H groups in total. The van der Waals surface area contributed by atoms with Crippen LogP contribution in [0.25, 0.3) is 32.7 Å². The van der Waals surface area contributed by atoms with Gasteiger partial charge in [-0.3, -0.25) is 0 Å². The fraction of sp³-hybridized carbons (Fsp3) is 0.130. The van der Waals surface area contributed by atoms with Crippen LogP contribution in [-0.2, 0) is 10.1 Å². The van der Waals surface area contributed by atoms with Crippen molar-refractivity contribution in [2.24, 2.45) is 0 Å². The molecule has 0 radical (unpaired) electrons. The molecule has 0 atom stereocenters. The van der Waals surface area contributed by atoms with Gasteiger partial charge in [0.2, 0.25) is 0 Å². The first kappa shape index (κ1) is 21.0. The topological polar surface area (TPSA) is 46.6 Å². The molecule has 31 heavy (non-hydrogen) atoms. The number of fused-ring (bicyclic) bond motifs is 2. The second kappa shape index (κ2) is 7.46. The molecule has 0 saturated heterocycles. The average molecular weight is 445 g/mol. The minimum absolute atomic E-state index is 0.284. The van der Waals surface area contributed by atoms with Gasteiger partial charge in [0, 0.05) is 30.9 Å². The summed E-state index contributed by atoms with van der Waals surface area (Å²) in [6, 6.07) is 21.1. The second-order valence-electron chi connectivity index (χ2n) is 7.22. The van der Waals surface area contributed by atoms with E-state index in [2.05, 4.69) is 4.18 Å². The van der Waals surface area contributed by atoms with Crippen LogP contribution in [0.1, 0.15) is 0 Å². The van der Waals surface area contributed by atoms with E-state index in [-0.39, 0.29) is 11.3 Å². The Labute approximate surface area is 177 Å². The predicted molar refractivity (Wildman–Crippen MR) is 117 cm³/mol. The van der Waals surface area contributed by atoms with Gasteiger partial charge in [-0.15, -0.1) is 0 Å². The van der Waals surface area contributed by atoms with Crippen molar-refractivity contribution in [3.05, 3.63) is 72.8 Å². The van der Waals surface area contributed by atoms with Crippen molar-refractivity contribution in [1.29, 1.82) is 0 Å². The Morgan fingerprint density at radius 1 is 0.742 bits per heavy atom. The number of anilines is 1. The van der Waals surface area contributed by atoms with Crippen LogP contribution in [0.3, 0.4) is 0 Å². The Balaban J connectivity index is 2.14. The Morgan fingerprint density at radius 3 is 1.81 bits per heavy atom. The lowest BCUT2D eigenvalue weighted by molar-refractivity contribution is -0.0499. The third kappa shape index (κ3) is 3.67. The monoisotopic (exact) mass is 445 g/mol. The number of hydrogen-bond acceptors (Lipinski definition) is 4. The molecule has 4 rings (SSSR count). The van der Waals surface area contributed by atoms with Crippen LogP contribution in [0.15, 0.2) is 72.8 Å². The van der Waals surface area contributed by atoms with Crippen molar-refractivity contribution in [2.75, 3.05) is 19.0 Å². The highest BCUT2D eigenvalue weighted by molar-refractivity contribution is 7.88. The molecule has 0 amide bonds. The number of halogens is 3. The molecule has 0 aliphatic heterocycles. The third-order valence-corrected chi connectivity index (χ3v) is 5.98. The van der Waals surface area contributed by atoms with E-state index < -0.39 is 15.6 Å². The summed E-state index contributed by atoms with van der Waals surface area (Å²) in [6.45, 7) is 0. The highest BCUT2D eigenvalue weighted by Gasteiger charge is 2.49. The van der Waals surface area contributed by atoms with Crippen LogP contribution in [0.5, 0.6) is 5.75 Å². The van der Waals surface area contributed by atoms with E-state index in [1.54, 1.807) is 30.3 Å². The zero-order valence-electron chi connectivity index (χ0n) is 16.6. The SMILES string of the molecule is CN(C)c1ccc2ccccc2c1-c1c(OS(=O)(=O)C(F)(F)F)ccc2ccccc12. The van der Waals surface area contributed by atoms with Crippen LogP contribution in [0.4, 0.5) is 18.9 Å². The molecule has 0 fully saturated rings. The summed E-state index contributed by atoms with van der Waals surface area (Å²) < 4.78 is 67.7. The van der Waals surface area contributed by atoms with Crippen molar-refractivity contribution in [3.8, 4) is 16.9 Å². The van der Waals surface area contributed by atoms with Crippen LogP contribution in [0.2, 0.25) is 0 Å². The van der Waals surface area contributed by atoms with Crippen LogP contribution in [-0.4, -0.2) is 28.0 Å². The van der Waals surface area contributed by atoms with Crippen LogP contribution < -0.4 is 9.08 Å². The van der Waals surface area contributed by atoms with E-state index in [1.807, 2.05) is 55.4 Å². The normalized spacial score (nSPS) is 12.3. The molecule has 0 aromatic heterocycles. The maximum absolute atomic E-state index is 13.1. The molecule has 0 aliphatic rings. The number of alkyl halides is 3. The summed E-state index contributed by atoms with van der Waals surface area (Å²) >= 11 is 0. The molecule has 8 heteroatoms. The van der Waals surface area contributed by atoms with Gasteiger partial charge >= 0.3 is 15.6 Å². The molecular formula is C23H18F3NO3S. The number of hydrogen-bond donors (Lipinski definition) is 0. The summed E-state index contributed by atoms with van der Waals surface area (Å²) in [7, 11) is -2.23. The molecule has 0 spiro atoms. The zero-order valence-corrected chi connectivity index (χ0v) is 17.5. The van der Waals surface area contributed by atoms with Crippen molar-refractivity contribution < 1.29 is 25.8 Å². The van der Waals surface area contributed by atoms with Crippen molar-refractivity contribution in [3.63, 3.8) is 0 Å². The third-order valence-electron chi connectivity index (χ3n) is 5.01. The first-order chi connectivity index (χ1) is 14.6. The van der Waals surface area contributed by atoms with E-state index >= 15 is 0 Å². The standard InChI is InChI=1S/C23H18F3NO3S/c1-27(2)19-13-11-15-7-3-5-9-17(15)21(19)22-18-10-6-4-8-16(18)12-14-20(22)30-31(28,29)23(24,25)26/h3-14H,1-2H3. The van der Waals surface area contributed by atoms with Gasteiger partial charge in [-0.25, -0.2) is 0 Å². The van der Waals surface area contributed by atoms with Gasteiger partial charge in [0.15, 0.2) is 5.75 Å². The summed E-state index contributed by atoms with van der Waals surface area (Å²) in [4.78, 5) is 1.82. The van der Waals surface area contributed by atoms with E-state index in [0.717, 1.165) is 16.2 Å². The van der Waals surface area contributed by atoms with Gasteiger partial charge in [-0.1, -0.05) is 60.7 Å². The van der Waals surface area contributed by atoms with Crippen LogP contribution >= 0.6 is 0 Å². The van der Waals surface area contributed by atoms with Crippen molar-refractivity contribution in [2.45, 2.75) is 5.51 Å². The summed E-state index contributed by atoms with van der Waals surface area (Å²) in [5.41, 5.74) is -3.96. The first-order valence-corrected chi connectivity index (χ1v) is 10.7. The highest BCUT2D eigenvalue weighted by Crippen LogP contribution is 2.46. The Bertz CT molecular complexity index is 1400. The van der Waals surface area contributed by atoms with E-state index in [1.165, 1.54) is 6.07 Å². The van der Waals surface area contributed by atoms with Gasteiger partial charge in [-0.05, 0) is 33.7 Å². The molecule has 0 bridgehead atoms. The van der Waals surface area contributed by atoms with E-state index in [0.29, 0.717) is 16.6 Å². The highest BCUT2D eigenvalue weighted by atomic mass is 32.2. The van der Waals surface area contributed by atoms with Crippen molar-refractivity contribution >= 4 is 37.4 Å². The maximum Gasteiger partial charge on any atom is 0.534 e. The first-order valence-electron chi connectivity index (χ1n) is 9.32. The molecular weight excluding hydrogens is 427 g/mol. The minimum Gasteiger partial charge on any atom is -0.377 e. The number of nitrogens with zero attached hydrogens (tertiary/aromatic N) is 1. The molecule has 0 unspecified atom stereocenters. The Kier molecular flexibility index (Phi) is 5.05. The summed E-state index contributed by atoms with van der Waals surface area (Å²) in [6.07, 6.45) is 0. The number of rotatable bonds is 4. The molecule has 0 heterocycles. The Morgan fingerprint density at radius 2 is 1.26 bits per heavy atom. The smallest absolute Gasteiger partial charge is 0.377 e. The quantitative estimate of drug-likeness (QED) is 0.288. The van der Waals surface area contributed by atoms with Gasteiger partial charge in [0.1, 0.15) is 0 Å². The Hall–Kier alpha value is -3.26. The van der Waals surface area contributed by atoms with Crippen LogP contribution in [0, 0.1) is 0 Å². The maximum atomic E-state index is 13.1. The lowest BCUT2D eigenvalue weighted by Gasteiger charge is -2.23. The summed E-state index contributed by atoms with van der Waals surface area (Å²) in [5.74, 6) is -0.379. The molecule has 4 aromatic carbocycles. The fourth-order valence-electron chi connectivity index (χ4n) is 3.64. The lowest BCUT2D eigenvalue weighted by Crippen LogP contribution is -2.28. The molecule has 160 valence electrons. The van der Waals surface area contributed by atoms with Gasteiger partial charge in [-0.2, -0.15) is 21.6 Å². The zero-order chi connectivity index (χ0) is 22.4. The molecule has 0 saturated carbocycles. The predicted octanol–water partition coefficient (Wildman–Crippen LogP) is 5.95. The average Bonchev–Trinajstić information content (AvgIpc) is 2.72. The van der Waals surface area contributed by atoms with Gasteiger partial charge < -0.3 is 9.08 Å². The summed E-state index contributed by atoms with van der Waals surface area (Å²) in [5, 5.41) is 2.95. The molecule has 4 aromatic rings. The second-order valence-corrected chi connectivity index (χ2v) is 8.76. The minimum atomic E-state index is -5.85. The number of benzene rings is 4. The van der Waals surface area contributed by atoms with E-state index in [9.17, 15) is 21.6 Å². The van der Waals surface area contributed by atoms with Crippen molar-refractivity contribution in [1.82, 2.24) is 0 Å². The molecule has 4 nitrogen and oxygen atoms in total. The molecule has 0 aliphatic carbocycles.